The largest absolute Gasteiger partial charge is 0.310 e. The van der Waals surface area contributed by atoms with Gasteiger partial charge in [0.25, 0.3) is 0 Å². The second-order valence-electron chi connectivity index (χ2n) is 15.7. The summed E-state index contributed by atoms with van der Waals surface area (Å²) >= 11 is 1.94. The van der Waals surface area contributed by atoms with E-state index in [9.17, 15) is 0 Å². The van der Waals surface area contributed by atoms with Crippen molar-refractivity contribution in [3.63, 3.8) is 0 Å². The molecular weight excluding hydrogens is 647 g/mol. The number of nitrogens with zero attached hydrogens (tertiary/aromatic N) is 1. The monoisotopic (exact) mass is 683 g/mol. The zero-order valence-corrected chi connectivity index (χ0v) is 30.6. The Balaban J connectivity index is 1.21. The van der Waals surface area contributed by atoms with E-state index in [1.807, 2.05) is 11.3 Å². The van der Waals surface area contributed by atoms with Crippen molar-refractivity contribution >= 4 is 70.1 Å². The topological polar surface area (TPSA) is 3.24 Å². The first-order valence-electron chi connectivity index (χ1n) is 18.4. The summed E-state index contributed by atoms with van der Waals surface area (Å²) in [6.45, 7) is 9.54. The Bertz CT molecular complexity index is 2980. The SMILES string of the molecule is CC1(C)c2ccccc2-c2ccc(N(c3ccc4c(c3)-c3c(ccc5c3sc3ccccc35)C4(C)C)c3cc4ccccc4c4ccccc34)cc21. The van der Waals surface area contributed by atoms with Gasteiger partial charge in [0.05, 0.1) is 5.69 Å². The molecule has 0 bridgehead atoms. The molecule has 0 N–H and O–H groups in total. The number of thiophene rings is 1. The third-order valence-electron chi connectivity index (χ3n) is 12.2. The van der Waals surface area contributed by atoms with Crippen molar-refractivity contribution in [2.24, 2.45) is 0 Å². The highest BCUT2D eigenvalue weighted by Gasteiger charge is 2.39. The van der Waals surface area contributed by atoms with Gasteiger partial charge in [-0.25, -0.2) is 0 Å². The molecule has 9 aromatic rings. The lowest BCUT2D eigenvalue weighted by Gasteiger charge is -2.30. The van der Waals surface area contributed by atoms with Crippen molar-refractivity contribution in [1.29, 1.82) is 0 Å². The van der Waals surface area contributed by atoms with Crippen molar-refractivity contribution in [3.8, 4) is 22.3 Å². The van der Waals surface area contributed by atoms with E-state index < -0.39 is 0 Å². The number of hydrogen-bond acceptors (Lipinski definition) is 2. The molecule has 11 rings (SSSR count). The van der Waals surface area contributed by atoms with Gasteiger partial charge in [0.2, 0.25) is 0 Å². The standard InChI is InChI=1S/C50H37NS/c1-49(2)42-25-22-31(28-40(42)47-43(49)26-24-39-38-18-10-12-20-46(38)52-48(39)47)51(45-27-30-13-5-6-14-33(30)34-15-7-8-17-37(34)45)32-21-23-36-35-16-9-11-19-41(35)50(3,4)44(36)29-32/h5-29H,1-4H3. The highest BCUT2D eigenvalue weighted by atomic mass is 32.1. The molecule has 248 valence electrons. The molecule has 52 heavy (non-hydrogen) atoms. The van der Waals surface area contributed by atoms with Crippen molar-refractivity contribution in [3.05, 3.63) is 174 Å². The normalized spacial score (nSPS) is 14.8. The fourth-order valence-electron chi connectivity index (χ4n) is 9.62. The summed E-state index contributed by atoms with van der Waals surface area (Å²) in [5.74, 6) is 0. The second-order valence-corrected chi connectivity index (χ2v) is 16.8. The van der Waals surface area contributed by atoms with Crippen molar-refractivity contribution in [2.45, 2.75) is 38.5 Å². The number of fused-ring (bicyclic) bond motifs is 13. The zero-order chi connectivity index (χ0) is 34.9. The molecule has 2 aliphatic rings. The summed E-state index contributed by atoms with van der Waals surface area (Å²) < 4.78 is 2.74. The Morgan fingerprint density at radius 3 is 1.90 bits per heavy atom. The van der Waals surface area contributed by atoms with E-state index in [-0.39, 0.29) is 10.8 Å². The van der Waals surface area contributed by atoms with Crippen LogP contribution < -0.4 is 4.90 Å². The van der Waals surface area contributed by atoms with Gasteiger partial charge in [-0.1, -0.05) is 143 Å². The Labute approximate surface area is 308 Å². The van der Waals surface area contributed by atoms with Gasteiger partial charge in [-0.05, 0) is 91.5 Å². The van der Waals surface area contributed by atoms with E-state index in [4.69, 9.17) is 0 Å². The number of anilines is 3. The van der Waals surface area contributed by atoms with E-state index in [0.717, 1.165) is 0 Å². The number of rotatable bonds is 3. The van der Waals surface area contributed by atoms with Crippen LogP contribution in [0.15, 0.2) is 152 Å². The van der Waals surface area contributed by atoms with Gasteiger partial charge in [0.1, 0.15) is 0 Å². The van der Waals surface area contributed by atoms with Crippen molar-refractivity contribution in [1.82, 2.24) is 0 Å². The first kappa shape index (κ1) is 30.0. The lowest BCUT2D eigenvalue weighted by Crippen LogP contribution is -2.17. The summed E-state index contributed by atoms with van der Waals surface area (Å²) in [5, 5.41) is 7.75. The van der Waals surface area contributed by atoms with Gasteiger partial charge in [0.15, 0.2) is 0 Å². The predicted molar refractivity (Wildman–Crippen MR) is 224 cm³/mol. The summed E-state index contributed by atoms with van der Waals surface area (Å²) in [6.07, 6.45) is 0. The summed E-state index contributed by atoms with van der Waals surface area (Å²) in [5.41, 5.74) is 14.4. The Morgan fingerprint density at radius 2 is 1.04 bits per heavy atom. The smallest absolute Gasteiger partial charge is 0.0546 e. The molecule has 1 aromatic heterocycles. The van der Waals surface area contributed by atoms with Crippen LogP contribution in [0.2, 0.25) is 0 Å². The van der Waals surface area contributed by atoms with Crippen LogP contribution in [0, 0.1) is 0 Å². The van der Waals surface area contributed by atoms with Crippen LogP contribution in [-0.4, -0.2) is 0 Å². The lowest BCUT2D eigenvalue weighted by atomic mass is 9.82. The first-order chi connectivity index (χ1) is 25.3. The Hall–Kier alpha value is -5.70. The molecule has 2 aliphatic carbocycles. The van der Waals surface area contributed by atoms with Crippen molar-refractivity contribution < 1.29 is 0 Å². The molecule has 1 heterocycles. The van der Waals surface area contributed by atoms with Crippen LogP contribution in [-0.2, 0) is 10.8 Å². The molecule has 0 saturated carbocycles. The van der Waals surface area contributed by atoms with Crippen LogP contribution in [0.1, 0.15) is 49.9 Å². The highest BCUT2D eigenvalue weighted by molar-refractivity contribution is 7.26. The molecule has 8 aromatic carbocycles. The van der Waals surface area contributed by atoms with E-state index in [1.54, 1.807) is 0 Å². The molecular formula is C50H37NS. The minimum absolute atomic E-state index is 0.0998. The fourth-order valence-corrected chi connectivity index (χ4v) is 10.9. The summed E-state index contributed by atoms with van der Waals surface area (Å²) in [4.78, 5) is 2.53. The quantitative estimate of drug-likeness (QED) is 0.168. The van der Waals surface area contributed by atoms with Crippen molar-refractivity contribution in [2.75, 3.05) is 4.90 Å². The predicted octanol–water partition coefficient (Wildman–Crippen LogP) is 14.4. The molecule has 0 radical (unpaired) electrons. The maximum absolute atomic E-state index is 2.53. The molecule has 0 unspecified atom stereocenters. The fraction of sp³-hybridized carbons (Fsp3) is 0.120. The Kier molecular flexibility index (Phi) is 6.02. The lowest BCUT2D eigenvalue weighted by molar-refractivity contribution is 0.660. The summed E-state index contributed by atoms with van der Waals surface area (Å²) in [7, 11) is 0. The zero-order valence-electron chi connectivity index (χ0n) is 29.8. The third-order valence-corrected chi connectivity index (χ3v) is 13.4. The average molecular weight is 684 g/mol. The van der Waals surface area contributed by atoms with Gasteiger partial charge in [-0.3, -0.25) is 0 Å². The van der Waals surface area contributed by atoms with Gasteiger partial charge >= 0.3 is 0 Å². The maximum Gasteiger partial charge on any atom is 0.0546 e. The number of hydrogen-bond donors (Lipinski definition) is 0. The number of benzene rings is 8. The maximum atomic E-state index is 2.53. The van der Waals surface area contributed by atoms with E-state index in [2.05, 4.69) is 184 Å². The van der Waals surface area contributed by atoms with Crippen LogP contribution in [0.25, 0.3) is 64.0 Å². The molecule has 0 amide bonds. The molecule has 0 fully saturated rings. The highest BCUT2D eigenvalue weighted by Crippen LogP contribution is 2.56. The molecule has 0 atom stereocenters. The molecule has 0 saturated heterocycles. The van der Waals surface area contributed by atoms with E-state index in [0.29, 0.717) is 0 Å². The Morgan fingerprint density at radius 1 is 0.423 bits per heavy atom. The van der Waals surface area contributed by atoms with Crippen LogP contribution >= 0.6 is 11.3 Å². The van der Waals surface area contributed by atoms with Gasteiger partial charge in [-0.15, -0.1) is 11.3 Å². The van der Waals surface area contributed by atoms with E-state index >= 15 is 0 Å². The minimum Gasteiger partial charge on any atom is -0.310 e. The third kappa shape index (κ3) is 3.93. The average Bonchev–Trinajstić information content (AvgIpc) is 3.74. The van der Waals surface area contributed by atoms with Crippen LogP contribution in [0.5, 0.6) is 0 Å². The molecule has 1 nitrogen and oxygen atoms in total. The van der Waals surface area contributed by atoms with E-state index in [1.165, 1.54) is 103 Å². The summed E-state index contributed by atoms with van der Waals surface area (Å²) in [6, 6.07) is 57.2. The van der Waals surface area contributed by atoms with Gasteiger partial charge in [0, 0.05) is 53.3 Å². The molecule has 2 heteroatoms. The van der Waals surface area contributed by atoms with Crippen LogP contribution in [0.3, 0.4) is 0 Å². The minimum atomic E-state index is -0.104. The van der Waals surface area contributed by atoms with Crippen LogP contribution in [0.4, 0.5) is 17.1 Å². The first-order valence-corrected chi connectivity index (χ1v) is 19.2. The molecule has 0 spiro atoms. The molecule has 0 aliphatic heterocycles. The van der Waals surface area contributed by atoms with Gasteiger partial charge < -0.3 is 4.90 Å². The second kappa shape index (κ2) is 10.4. The van der Waals surface area contributed by atoms with Gasteiger partial charge in [-0.2, -0.15) is 0 Å².